The maximum atomic E-state index is 11.7. The molecule has 0 spiro atoms. The maximum absolute atomic E-state index is 11.7. The number of anilines is 2. The molecule has 1 aromatic rings. The van der Waals surface area contributed by atoms with E-state index in [-0.39, 0.29) is 5.91 Å². The van der Waals surface area contributed by atoms with Crippen molar-refractivity contribution < 1.29 is 4.79 Å². The van der Waals surface area contributed by atoms with Crippen LogP contribution in [0.2, 0.25) is 0 Å². The van der Waals surface area contributed by atoms with Gasteiger partial charge in [0.05, 0.1) is 6.54 Å². The van der Waals surface area contributed by atoms with Crippen LogP contribution in [0.5, 0.6) is 0 Å². The van der Waals surface area contributed by atoms with Gasteiger partial charge in [-0.3, -0.25) is 4.79 Å². The average Bonchev–Trinajstić information content (AvgIpc) is 2.51. The normalized spacial score (nSPS) is 10.3. The zero-order valence-electron chi connectivity index (χ0n) is 13.3. The minimum atomic E-state index is -0.0177. The fourth-order valence-corrected chi connectivity index (χ4v) is 2.18. The van der Waals surface area contributed by atoms with Crippen molar-refractivity contribution in [2.75, 3.05) is 43.2 Å². The molecule has 0 saturated heterocycles. The lowest BCUT2D eigenvalue weighted by atomic mass is 10.3. The van der Waals surface area contributed by atoms with Gasteiger partial charge in [-0.25, -0.2) is 9.97 Å². The van der Waals surface area contributed by atoms with Gasteiger partial charge in [0, 0.05) is 26.2 Å². The minimum absolute atomic E-state index is 0.0177. The molecule has 0 saturated carbocycles. The zero-order valence-corrected chi connectivity index (χ0v) is 14.1. The van der Waals surface area contributed by atoms with Crippen LogP contribution in [0.15, 0.2) is 11.2 Å². The third-order valence-electron chi connectivity index (χ3n) is 2.86. The first-order chi connectivity index (χ1) is 10.1. The summed E-state index contributed by atoms with van der Waals surface area (Å²) in [7, 11) is 1.65. The zero-order chi connectivity index (χ0) is 15.7. The first kappa shape index (κ1) is 17.6. The highest BCUT2D eigenvalue weighted by atomic mass is 32.2. The first-order valence-electron chi connectivity index (χ1n) is 7.27. The van der Waals surface area contributed by atoms with Gasteiger partial charge in [-0.1, -0.05) is 25.6 Å². The molecule has 1 amide bonds. The van der Waals surface area contributed by atoms with Gasteiger partial charge in [-0.05, 0) is 19.1 Å². The van der Waals surface area contributed by atoms with Crippen LogP contribution in [-0.4, -0.2) is 48.8 Å². The van der Waals surface area contributed by atoms with Crippen molar-refractivity contribution in [3.63, 3.8) is 0 Å². The van der Waals surface area contributed by atoms with Gasteiger partial charge in [-0.2, -0.15) is 0 Å². The molecule has 0 aliphatic carbocycles. The van der Waals surface area contributed by atoms with Gasteiger partial charge < -0.3 is 15.5 Å². The molecule has 0 aliphatic rings. The molecule has 1 heterocycles. The number of amides is 1. The van der Waals surface area contributed by atoms with E-state index < -0.39 is 0 Å². The third kappa shape index (κ3) is 5.79. The van der Waals surface area contributed by atoms with Gasteiger partial charge >= 0.3 is 0 Å². The SMILES string of the molecule is CCCNc1cc(N(CCC)CC(=O)NC)nc(SC)n1. The molecule has 1 rings (SSSR count). The van der Waals surface area contributed by atoms with Gasteiger partial charge in [0.15, 0.2) is 5.16 Å². The highest BCUT2D eigenvalue weighted by Crippen LogP contribution is 2.20. The van der Waals surface area contributed by atoms with Crippen molar-refractivity contribution in [3.8, 4) is 0 Å². The topological polar surface area (TPSA) is 70.2 Å². The fraction of sp³-hybridized carbons (Fsp3) is 0.643. The van der Waals surface area contributed by atoms with E-state index in [4.69, 9.17) is 0 Å². The van der Waals surface area contributed by atoms with Crippen molar-refractivity contribution in [3.05, 3.63) is 6.07 Å². The molecule has 0 bridgehead atoms. The van der Waals surface area contributed by atoms with E-state index in [1.807, 2.05) is 17.2 Å². The Kier molecular flexibility index (Phi) is 7.89. The predicted octanol–water partition coefficient (Wildman–Crippen LogP) is 1.98. The molecule has 0 aliphatic heterocycles. The Hall–Kier alpha value is -1.50. The summed E-state index contributed by atoms with van der Waals surface area (Å²) < 4.78 is 0. The molecule has 0 atom stereocenters. The molecule has 21 heavy (non-hydrogen) atoms. The third-order valence-corrected chi connectivity index (χ3v) is 3.41. The Balaban J connectivity index is 3.01. The van der Waals surface area contributed by atoms with Crippen LogP contribution in [0.1, 0.15) is 26.7 Å². The Morgan fingerprint density at radius 2 is 2.10 bits per heavy atom. The number of hydrogen-bond acceptors (Lipinski definition) is 6. The van der Waals surface area contributed by atoms with E-state index in [2.05, 4.69) is 34.4 Å². The maximum Gasteiger partial charge on any atom is 0.239 e. The molecule has 0 unspecified atom stereocenters. The quantitative estimate of drug-likeness (QED) is 0.537. The van der Waals surface area contributed by atoms with E-state index in [1.54, 1.807) is 7.05 Å². The van der Waals surface area contributed by atoms with Crippen LogP contribution >= 0.6 is 11.8 Å². The largest absolute Gasteiger partial charge is 0.370 e. The molecule has 2 N–H and O–H groups in total. The lowest BCUT2D eigenvalue weighted by Crippen LogP contribution is -2.36. The summed E-state index contributed by atoms with van der Waals surface area (Å²) in [6.45, 7) is 6.16. The second kappa shape index (κ2) is 9.44. The molecule has 7 heteroatoms. The summed E-state index contributed by atoms with van der Waals surface area (Å²) in [4.78, 5) is 22.6. The molecular formula is C14H25N5OS. The monoisotopic (exact) mass is 311 g/mol. The van der Waals surface area contributed by atoms with E-state index in [9.17, 15) is 4.79 Å². The van der Waals surface area contributed by atoms with E-state index in [0.29, 0.717) is 11.7 Å². The minimum Gasteiger partial charge on any atom is -0.370 e. The van der Waals surface area contributed by atoms with Gasteiger partial charge in [0.1, 0.15) is 11.6 Å². The summed E-state index contributed by atoms with van der Waals surface area (Å²) in [6, 6.07) is 1.91. The van der Waals surface area contributed by atoms with Crippen LogP contribution in [-0.2, 0) is 4.79 Å². The Labute approximate surface area is 131 Å². The number of thioether (sulfide) groups is 1. The molecule has 0 fully saturated rings. The van der Waals surface area contributed by atoms with E-state index >= 15 is 0 Å². The highest BCUT2D eigenvalue weighted by molar-refractivity contribution is 7.98. The molecular weight excluding hydrogens is 286 g/mol. The average molecular weight is 311 g/mol. The second-order valence-electron chi connectivity index (χ2n) is 4.62. The number of carbonyl (C=O) groups excluding carboxylic acids is 1. The van der Waals surface area contributed by atoms with Crippen LogP contribution in [0.3, 0.4) is 0 Å². The Bertz CT molecular complexity index is 455. The van der Waals surface area contributed by atoms with Crippen molar-refractivity contribution in [2.24, 2.45) is 0 Å². The standard InChI is InChI=1S/C14H25N5OS/c1-5-7-16-11-9-12(18-14(17-11)21-4)19(8-6-2)10-13(20)15-3/h9H,5-8,10H2,1-4H3,(H,15,20)(H,16,17,18). The van der Waals surface area contributed by atoms with Crippen molar-refractivity contribution in [2.45, 2.75) is 31.8 Å². The van der Waals surface area contributed by atoms with Gasteiger partial charge in [0.25, 0.3) is 0 Å². The van der Waals surface area contributed by atoms with Crippen molar-refractivity contribution >= 4 is 29.3 Å². The Morgan fingerprint density at radius 3 is 2.67 bits per heavy atom. The lowest BCUT2D eigenvalue weighted by Gasteiger charge is -2.23. The molecule has 0 aromatic carbocycles. The van der Waals surface area contributed by atoms with Crippen LogP contribution < -0.4 is 15.5 Å². The van der Waals surface area contributed by atoms with Crippen LogP contribution in [0, 0.1) is 0 Å². The fourth-order valence-electron chi connectivity index (χ4n) is 1.81. The summed E-state index contributed by atoms with van der Waals surface area (Å²) >= 11 is 1.50. The van der Waals surface area contributed by atoms with Gasteiger partial charge in [-0.15, -0.1) is 0 Å². The van der Waals surface area contributed by atoms with Crippen LogP contribution in [0.4, 0.5) is 11.6 Å². The summed E-state index contributed by atoms with van der Waals surface area (Å²) in [6.07, 6.45) is 3.93. The van der Waals surface area contributed by atoms with E-state index in [1.165, 1.54) is 11.8 Å². The Morgan fingerprint density at radius 1 is 1.33 bits per heavy atom. The van der Waals surface area contributed by atoms with Gasteiger partial charge in [0.2, 0.25) is 5.91 Å². The van der Waals surface area contributed by atoms with E-state index in [0.717, 1.165) is 37.6 Å². The predicted molar refractivity (Wildman–Crippen MR) is 89.2 cm³/mol. The number of hydrogen-bond donors (Lipinski definition) is 2. The number of likely N-dealkylation sites (N-methyl/N-ethyl adjacent to an activating group) is 1. The van der Waals surface area contributed by atoms with Crippen LogP contribution in [0.25, 0.3) is 0 Å². The lowest BCUT2D eigenvalue weighted by molar-refractivity contribution is -0.119. The smallest absolute Gasteiger partial charge is 0.239 e. The second-order valence-corrected chi connectivity index (χ2v) is 5.39. The number of carbonyl (C=O) groups is 1. The molecule has 6 nitrogen and oxygen atoms in total. The summed E-state index contributed by atoms with van der Waals surface area (Å²) in [5.74, 6) is 1.58. The number of nitrogens with zero attached hydrogens (tertiary/aromatic N) is 3. The number of rotatable bonds is 9. The molecule has 118 valence electrons. The first-order valence-corrected chi connectivity index (χ1v) is 8.49. The van der Waals surface area contributed by atoms with Crippen molar-refractivity contribution in [1.29, 1.82) is 0 Å². The number of nitrogens with one attached hydrogen (secondary N) is 2. The molecule has 0 radical (unpaired) electrons. The van der Waals surface area contributed by atoms with Crippen molar-refractivity contribution in [1.82, 2.24) is 15.3 Å². The number of aromatic nitrogens is 2. The summed E-state index contributed by atoms with van der Waals surface area (Å²) in [5, 5.41) is 6.65. The summed E-state index contributed by atoms with van der Waals surface area (Å²) in [5.41, 5.74) is 0. The molecule has 1 aromatic heterocycles. The highest BCUT2D eigenvalue weighted by Gasteiger charge is 2.14.